The topological polar surface area (TPSA) is 114 Å². The molecule has 0 aromatic carbocycles. The van der Waals surface area contributed by atoms with E-state index in [0.29, 0.717) is 18.2 Å². The molecule has 0 spiro atoms. The Kier molecular flexibility index (Phi) is 6.54. The summed E-state index contributed by atoms with van der Waals surface area (Å²) in [5.74, 6) is 0.579. The van der Waals surface area contributed by atoms with Gasteiger partial charge in [-0.05, 0) is 57.6 Å². The second-order valence-corrected chi connectivity index (χ2v) is 8.45. The SMILES string of the molecule is CC(C)(C(=O)OCC1CCC(c2ccc(C(N)=NC=N)[nH]2)O1)C1CCCCC1. The molecule has 1 saturated carbocycles. The molecule has 1 aliphatic heterocycles. The lowest BCUT2D eigenvalue weighted by atomic mass is 9.71. The highest BCUT2D eigenvalue weighted by Gasteiger charge is 2.39. The molecule has 1 aromatic heterocycles. The first-order valence-electron chi connectivity index (χ1n) is 10.3. The molecule has 2 fully saturated rings. The lowest BCUT2D eigenvalue weighted by Gasteiger charge is -2.35. The number of amidine groups is 1. The second-order valence-electron chi connectivity index (χ2n) is 8.45. The molecule has 7 nitrogen and oxygen atoms in total. The molecule has 0 radical (unpaired) electrons. The number of nitrogens with zero attached hydrogens (tertiary/aromatic N) is 1. The van der Waals surface area contributed by atoms with E-state index >= 15 is 0 Å². The second kappa shape index (κ2) is 8.90. The quantitative estimate of drug-likeness (QED) is 0.375. The maximum Gasteiger partial charge on any atom is 0.311 e. The van der Waals surface area contributed by atoms with Crippen molar-refractivity contribution >= 4 is 18.1 Å². The van der Waals surface area contributed by atoms with Crippen molar-refractivity contribution in [2.75, 3.05) is 6.61 Å². The number of esters is 1. The molecule has 154 valence electrons. The summed E-state index contributed by atoms with van der Waals surface area (Å²) in [5.41, 5.74) is 6.96. The summed E-state index contributed by atoms with van der Waals surface area (Å²) in [4.78, 5) is 19.6. The Morgan fingerprint density at radius 1 is 1.32 bits per heavy atom. The fourth-order valence-corrected chi connectivity index (χ4v) is 4.29. The average Bonchev–Trinajstić information content (AvgIpc) is 3.36. The Morgan fingerprint density at radius 2 is 2.07 bits per heavy atom. The van der Waals surface area contributed by atoms with Gasteiger partial charge in [0.1, 0.15) is 18.8 Å². The van der Waals surface area contributed by atoms with Crippen LogP contribution in [0.3, 0.4) is 0 Å². The highest BCUT2D eigenvalue weighted by molar-refractivity contribution is 5.99. The predicted octanol–water partition coefficient (Wildman–Crippen LogP) is 3.70. The van der Waals surface area contributed by atoms with Crippen LogP contribution in [-0.2, 0) is 14.3 Å². The molecular weight excluding hydrogens is 356 g/mol. The number of aliphatic imine (C=N–C) groups is 1. The van der Waals surface area contributed by atoms with Crippen LogP contribution in [0.5, 0.6) is 0 Å². The van der Waals surface area contributed by atoms with Crippen LogP contribution in [0.1, 0.15) is 76.3 Å². The zero-order valence-corrected chi connectivity index (χ0v) is 16.9. The molecule has 0 bridgehead atoms. The van der Waals surface area contributed by atoms with Gasteiger partial charge in [0.15, 0.2) is 0 Å². The molecule has 2 heterocycles. The van der Waals surface area contributed by atoms with Gasteiger partial charge in [-0.3, -0.25) is 10.2 Å². The summed E-state index contributed by atoms with van der Waals surface area (Å²) in [7, 11) is 0. The molecule has 2 unspecified atom stereocenters. The van der Waals surface area contributed by atoms with Crippen molar-refractivity contribution in [1.29, 1.82) is 5.41 Å². The summed E-state index contributed by atoms with van der Waals surface area (Å²) in [6.07, 6.45) is 8.39. The number of nitrogens with one attached hydrogen (secondary N) is 2. The van der Waals surface area contributed by atoms with Crippen LogP contribution >= 0.6 is 0 Å². The van der Waals surface area contributed by atoms with E-state index in [1.807, 2.05) is 26.0 Å². The smallest absolute Gasteiger partial charge is 0.311 e. The third-order valence-electron chi connectivity index (χ3n) is 6.19. The van der Waals surface area contributed by atoms with Crippen molar-refractivity contribution in [3.63, 3.8) is 0 Å². The number of carbonyl (C=O) groups excluding carboxylic acids is 1. The van der Waals surface area contributed by atoms with E-state index in [0.717, 1.165) is 37.7 Å². The lowest BCUT2D eigenvalue weighted by Crippen LogP contribution is -2.37. The fourth-order valence-electron chi connectivity index (χ4n) is 4.29. The Labute approximate surface area is 166 Å². The van der Waals surface area contributed by atoms with Crippen LogP contribution in [0.4, 0.5) is 0 Å². The van der Waals surface area contributed by atoms with E-state index in [-0.39, 0.29) is 24.0 Å². The number of ether oxygens (including phenoxy) is 2. The number of rotatable bonds is 7. The Bertz CT molecular complexity index is 719. The minimum atomic E-state index is -0.432. The fraction of sp³-hybridized carbons (Fsp3) is 0.667. The molecule has 3 rings (SSSR count). The molecule has 1 aromatic rings. The van der Waals surface area contributed by atoms with E-state index in [9.17, 15) is 4.79 Å². The zero-order valence-electron chi connectivity index (χ0n) is 16.9. The third-order valence-corrected chi connectivity index (χ3v) is 6.19. The summed E-state index contributed by atoms with van der Waals surface area (Å²) in [5, 5.41) is 7.00. The first kappa shape index (κ1) is 20.6. The van der Waals surface area contributed by atoms with Crippen LogP contribution in [-0.4, -0.2) is 35.8 Å². The molecule has 1 aliphatic carbocycles. The van der Waals surface area contributed by atoms with Crippen molar-refractivity contribution < 1.29 is 14.3 Å². The number of hydrogen-bond acceptors (Lipinski definition) is 4. The first-order valence-corrected chi connectivity index (χ1v) is 10.3. The molecule has 7 heteroatoms. The van der Waals surface area contributed by atoms with Crippen molar-refractivity contribution in [2.45, 2.75) is 71.0 Å². The number of H-pyrrole nitrogens is 1. The Hall–Kier alpha value is -2.15. The zero-order chi connectivity index (χ0) is 20.1. The molecule has 0 amide bonds. The van der Waals surface area contributed by atoms with E-state index in [4.69, 9.17) is 20.6 Å². The molecular formula is C21H32N4O3. The van der Waals surface area contributed by atoms with Gasteiger partial charge < -0.3 is 20.2 Å². The summed E-state index contributed by atoms with van der Waals surface area (Å²) < 4.78 is 11.7. The van der Waals surface area contributed by atoms with Crippen LogP contribution in [0, 0.1) is 16.7 Å². The van der Waals surface area contributed by atoms with E-state index in [1.54, 1.807) is 0 Å². The molecule has 2 aliphatic rings. The van der Waals surface area contributed by atoms with Crippen molar-refractivity contribution in [3.05, 3.63) is 23.5 Å². The highest BCUT2D eigenvalue weighted by atomic mass is 16.6. The van der Waals surface area contributed by atoms with Gasteiger partial charge in [-0.15, -0.1) is 0 Å². The maximum absolute atomic E-state index is 12.7. The number of aromatic nitrogens is 1. The lowest BCUT2D eigenvalue weighted by molar-refractivity contribution is -0.162. The van der Waals surface area contributed by atoms with Crippen LogP contribution in [0.25, 0.3) is 0 Å². The summed E-state index contributed by atoms with van der Waals surface area (Å²) >= 11 is 0. The van der Waals surface area contributed by atoms with Crippen molar-refractivity contribution in [3.8, 4) is 0 Å². The largest absolute Gasteiger partial charge is 0.463 e. The van der Waals surface area contributed by atoms with E-state index in [2.05, 4.69) is 9.98 Å². The van der Waals surface area contributed by atoms with Gasteiger partial charge >= 0.3 is 5.97 Å². The standard InChI is InChI=1S/C21H32N4O3/c1-21(2,14-6-4-3-5-7-14)20(26)27-12-15-8-11-18(28-15)16-9-10-17(25-16)19(23)24-13-22/h9-10,13-15,18,25H,3-8,11-12H2,1-2H3,(H3,22,23,24). The molecule has 2 atom stereocenters. The van der Waals surface area contributed by atoms with Crippen molar-refractivity contribution in [1.82, 2.24) is 4.98 Å². The number of carbonyl (C=O) groups is 1. The summed E-state index contributed by atoms with van der Waals surface area (Å²) in [6.45, 7) is 4.34. The van der Waals surface area contributed by atoms with Crippen molar-refractivity contribution in [2.24, 2.45) is 22.1 Å². The van der Waals surface area contributed by atoms with E-state index in [1.165, 1.54) is 19.3 Å². The van der Waals surface area contributed by atoms with Gasteiger partial charge in [0, 0.05) is 5.69 Å². The van der Waals surface area contributed by atoms with Crippen LogP contribution in [0.15, 0.2) is 17.1 Å². The predicted molar refractivity (Wildman–Crippen MR) is 108 cm³/mol. The Morgan fingerprint density at radius 3 is 2.79 bits per heavy atom. The van der Waals surface area contributed by atoms with Crippen LogP contribution < -0.4 is 5.73 Å². The van der Waals surface area contributed by atoms with Gasteiger partial charge in [0.05, 0.1) is 23.3 Å². The highest BCUT2D eigenvalue weighted by Crippen LogP contribution is 2.39. The maximum atomic E-state index is 12.7. The average molecular weight is 389 g/mol. The molecule has 1 saturated heterocycles. The molecule has 4 N–H and O–H groups in total. The monoisotopic (exact) mass is 388 g/mol. The molecule has 28 heavy (non-hydrogen) atoms. The normalized spacial score (nSPS) is 24.3. The van der Waals surface area contributed by atoms with Gasteiger partial charge in [0.25, 0.3) is 0 Å². The van der Waals surface area contributed by atoms with Gasteiger partial charge in [-0.2, -0.15) is 0 Å². The Balaban J connectivity index is 1.50. The van der Waals surface area contributed by atoms with Gasteiger partial charge in [0.2, 0.25) is 0 Å². The van der Waals surface area contributed by atoms with Crippen LogP contribution in [0.2, 0.25) is 0 Å². The van der Waals surface area contributed by atoms with Gasteiger partial charge in [-0.1, -0.05) is 19.3 Å². The minimum Gasteiger partial charge on any atom is -0.463 e. The first-order chi connectivity index (χ1) is 13.4. The van der Waals surface area contributed by atoms with E-state index < -0.39 is 5.41 Å². The van der Waals surface area contributed by atoms with Gasteiger partial charge in [-0.25, -0.2) is 4.99 Å². The number of aromatic amines is 1. The third kappa shape index (κ3) is 4.63. The minimum absolute atomic E-state index is 0.0726. The number of hydrogen-bond donors (Lipinski definition) is 3. The number of nitrogens with two attached hydrogens (primary N) is 1. The summed E-state index contributed by atoms with van der Waals surface area (Å²) in [6, 6.07) is 3.76.